The minimum atomic E-state index is -0.146. The highest BCUT2D eigenvalue weighted by Crippen LogP contribution is 2.26. The first-order valence-corrected chi connectivity index (χ1v) is 7.98. The van der Waals surface area contributed by atoms with Gasteiger partial charge < -0.3 is 0 Å². The van der Waals surface area contributed by atoms with E-state index in [1.807, 2.05) is 54.6 Å². The Hall–Kier alpha value is -2.24. The summed E-state index contributed by atoms with van der Waals surface area (Å²) in [7, 11) is 3.58. The first kappa shape index (κ1) is 15.6. The van der Waals surface area contributed by atoms with E-state index in [0.29, 0.717) is 5.56 Å². The molecule has 5 heteroatoms. The Morgan fingerprint density at radius 1 is 1.09 bits per heavy atom. The summed E-state index contributed by atoms with van der Waals surface area (Å²) < 4.78 is 1.01. The average Bonchev–Trinajstić information content (AvgIpc) is 2.54. The van der Waals surface area contributed by atoms with E-state index in [4.69, 9.17) is 0 Å². The van der Waals surface area contributed by atoms with E-state index in [1.165, 1.54) is 0 Å². The van der Waals surface area contributed by atoms with Crippen molar-refractivity contribution < 1.29 is 4.79 Å². The lowest BCUT2D eigenvalue weighted by atomic mass is 10.0. The predicted octanol–water partition coefficient (Wildman–Crippen LogP) is 3.87. The molecule has 1 heterocycles. The van der Waals surface area contributed by atoms with Gasteiger partial charge in [0.25, 0.3) is 5.91 Å². The maximum atomic E-state index is 12.5. The number of hydrogen-bond acceptors (Lipinski definition) is 3. The highest BCUT2D eigenvalue weighted by Gasteiger charge is 2.14. The molecule has 4 nitrogen and oxygen atoms in total. The molecule has 0 saturated carbocycles. The van der Waals surface area contributed by atoms with E-state index in [2.05, 4.69) is 26.3 Å². The number of para-hydroxylation sites is 1. The molecule has 23 heavy (non-hydrogen) atoms. The topological polar surface area (TPSA) is 45.2 Å². The largest absolute Gasteiger partial charge is 0.285 e. The summed E-state index contributed by atoms with van der Waals surface area (Å²) in [5.74, 6) is -0.146. The lowest BCUT2D eigenvalue weighted by molar-refractivity contribution is 0.0858. The van der Waals surface area contributed by atoms with E-state index in [0.717, 1.165) is 26.6 Å². The third kappa shape index (κ3) is 3.41. The van der Waals surface area contributed by atoms with Gasteiger partial charge >= 0.3 is 0 Å². The minimum Gasteiger partial charge on any atom is -0.285 e. The number of aromatic nitrogens is 1. The molecule has 3 aromatic rings. The Bertz CT molecular complexity index is 860. The maximum Gasteiger partial charge on any atom is 0.266 e. The molecule has 1 amide bonds. The molecule has 0 aliphatic rings. The molecule has 0 unspecified atom stereocenters. The van der Waals surface area contributed by atoms with Gasteiger partial charge in [-0.05, 0) is 24.3 Å². The SMILES string of the molecule is CN(C)NC(=O)c1cc(-c2ccc(Br)cc2)nc2ccccc12. The van der Waals surface area contributed by atoms with Crippen LogP contribution in [0.5, 0.6) is 0 Å². The van der Waals surface area contributed by atoms with Gasteiger partial charge in [-0.3, -0.25) is 10.2 Å². The first-order chi connectivity index (χ1) is 11.0. The zero-order valence-corrected chi connectivity index (χ0v) is 14.5. The molecular weight excluding hydrogens is 354 g/mol. The number of benzene rings is 2. The molecule has 0 bridgehead atoms. The van der Waals surface area contributed by atoms with Crippen LogP contribution in [0.25, 0.3) is 22.2 Å². The highest BCUT2D eigenvalue weighted by molar-refractivity contribution is 9.10. The van der Waals surface area contributed by atoms with Crippen LogP contribution in [0.3, 0.4) is 0 Å². The minimum absolute atomic E-state index is 0.146. The number of nitrogens with one attached hydrogen (secondary N) is 1. The van der Waals surface area contributed by atoms with Crippen LogP contribution in [-0.2, 0) is 0 Å². The van der Waals surface area contributed by atoms with E-state index in [1.54, 1.807) is 19.1 Å². The molecule has 0 radical (unpaired) electrons. The van der Waals surface area contributed by atoms with Gasteiger partial charge in [-0.25, -0.2) is 9.99 Å². The van der Waals surface area contributed by atoms with Crippen LogP contribution in [0.4, 0.5) is 0 Å². The summed E-state index contributed by atoms with van der Waals surface area (Å²) in [6.45, 7) is 0. The van der Waals surface area contributed by atoms with Gasteiger partial charge in [-0.15, -0.1) is 0 Å². The standard InChI is InChI=1S/C18H16BrN3O/c1-22(2)21-18(23)15-11-17(12-7-9-13(19)10-8-12)20-16-6-4-3-5-14(15)16/h3-11H,1-2H3,(H,21,23). The fourth-order valence-electron chi connectivity index (χ4n) is 2.40. The van der Waals surface area contributed by atoms with Crippen LogP contribution in [0.15, 0.2) is 59.1 Å². The first-order valence-electron chi connectivity index (χ1n) is 7.18. The number of amides is 1. The molecule has 0 aliphatic heterocycles. The van der Waals surface area contributed by atoms with E-state index in [9.17, 15) is 4.79 Å². The van der Waals surface area contributed by atoms with Gasteiger partial charge in [-0.2, -0.15) is 0 Å². The van der Waals surface area contributed by atoms with Gasteiger partial charge in [0.05, 0.1) is 16.8 Å². The molecule has 1 N–H and O–H groups in total. The number of halogens is 1. The monoisotopic (exact) mass is 369 g/mol. The van der Waals surface area contributed by atoms with Crippen LogP contribution in [0, 0.1) is 0 Å². The van der Waals surface area contributed by atoms with Crippen molar-refractivity contribution in [1.29, 1.82) is 0 Å². The van der Waals surface area contributed by atoms with Crippen LogP contribution in [0.2, 0.25) is 0 Å². The molecule has 0 spiro atoms. The van der Waals surface area contributed by atoms with Crippen LogP contribution < -0.4 is 5.43 Å². The Morgan fingerprint density at radius 2 is 1.78 bits per heavy atom. The Labute approximate surface area is 143 Å². The molecule has 2 aromatic carbocycles. The van der Waals surface area contributed by atoms with E-state index < -0.39 is 0 Å². The molecule has 0 saturated heterocycles. The van der Waals surface area contributed by atoms with Crippen molar-refractivity contribution in [3.8, 4) is 11.3 Å². The zero-order chi connectivity index (χ0) is 16.4. The molecule has 3 rings (SSSR count). The van der Waals surface area contributed by atoms with Gasteiger partial charge in [0.15, 0.2) is 0 Å². The Morgan fingerprint density at radius 3 is 2.48 bits per heavy atom. The average molecular weight is 370 g/mol. The van der Waals surface area contributed by atoms with Gasteiger partial charge in [0, 0.05) is 29.5 Å². The van der Waals surface area contributed by atoms with Crippen molar-refractivity contribution in [2.75, 3.05) is 14.1 Å². The Kier molecular flexibility index (Phi) is 4.41. The van der Waals surface area contributed by atoms with Crippen molar-refractivity contribution in [2.24, 2.45) is 0 Å². The third-order valence-electron chi connectivity index (χ3n) is 3.43. The zero-order valence-electron chi connectivity index (χ0n) is 12.9. The van der Waals surface area contributed by atoms with Crippen LogP contribution in [0.1, 0.15) is 10.4 Å². The number of carbonyl (C=O) groups excluding carboxylic acids is 1. The molecule has 0 fully saturated rings. The maximum absolute atomic E-state index is 12.5. The van der Waals surface area contributed by atoms with Crippen molar-refractivity contribution in [1.82, 2.24) is 15.4 Å². The quantitative estimate of drug-likeness (QED) is 0.712. The van der Waals surface area contributed by atoms with Crippen molar-refractivity contribution >= 4 is 32.7 Å². The third-order valence-corrected chi connectivity index (χ3v) is 3.95. The second-order valence-electron chi connectivity index (χ2n) is 5.41. The number of rotatable bonds is 3. The van der Waals surface area contributed by atoms with Crippen molar-refractivity contribution in [2.45, 2.75) is 0 Å². The molecule has 1 aromatic heterocycles. The molecule has 0 atom stereocenters. The summed E-state index contributed by atoms with van der Waals surface area (Å²) in [5, 5.41) is 2.48. The van der Waals surface area contributed by atoms with Gasteiger partial charge in [-0.1, -0.05) is 46.3 Å². The lowest BCUT2D eigenvalue weighted by Crippen LogP contribution is -2.36. The highest BCUT2D eigenvalue weighted by atomic mass is 79.9. The second kappa shape index (κ2) is 6.48. The Balaban J connectivity index is 2.17. The number of carbonyl (C=O) groups is 1. The molecule has 0 aliphatic carbocycles. The van der Waals surface area contributed by atoms with E-state index >= 15 is 0 Å². The molecular formula is C18H16BrN3O. The van der Waals surface area contributed by atoms with Gasteiger partial charge in [0.1, 0.15) is 0 Å². The fraction of sp³-hybridized carbons (Fsp3) is 0.111. The summed E-state index contributed by atoms with van der Waals surface area (Å²) >= 11 is 3.43. The normalized spacial score (nSPS) is 11.0. The number of nitrogens with zero attached hydrogens (tertiary/aromatic N) is 2. The smallest absolute Gasteiger partial charge is 0.266 e. The summed E-state index contributed by atoms with van der Waals surface area (Å²) in [6, 6.07) is 17.4. The lowest BCUT2D eigenvalue weighted by Gasteiger charge is -2.14. The van der Waals surface area contributed by atoms with Gasteiger partial charge in [0.2, 0.25) is 0 Å². The summed E-state index contributed by atoms with van der Waals surface area (Å²) in [5.41, 5.74) is 5.96. The van der Waals surface area contributed by atoms with Crippen LogP contribution in [-0.4, -0.2) is 30.0 Å². The summed E-state index contributed by atoms with van der Waals surface area (Å²) in [4.78, 5) is 17.2. The van der Waals surface area contributed by atoms with Crippen LogP contribution >= 0.6 is 15.9 Å². The number of pyridine rings is 1. The predicted molar refractivity (Wildman–Crippen MR) is 96.0 cm³/mol. The summed E-state index contributed by atoms with van der Waals surface area (Å²) in [6.07, 6.45) is 0. The second-order valence-corrected chi connectivity index (χ2v) is 6.33. The van der Waals surface area contributed by atoms with Crippen molar-refractivity contribution in [3.63, 3.8) is 0 Å². The van der Waals surface area contributed by atoms with E-state index in [-0.39, 0.29) is 5.91 Å². The number of fused-ring (bicyclic) bond motifs is 1. The number of hydrogen-bond donors (Lipinski definition) is 1. The number of hydrazine groups is 1. The fourth-order valence-corrected chi connectivity index (χ4v) is 2.66. The van der Waals surface area contributed by atoms with Crippen molar-refractivity contribution in [3.05, 3.63) is 64.6 Å². The molecule has 116 valence electrons.